The molecule has 1 aliphatic rings. The molecule has 25 heavy (non-hydrogen) atoms. The van der Waals surface area contributed by atoms with Crippen LogP contribution in [0.15, 0.2) is 42.5 Å². The second-order valence-corrected chi connectivity index (χ2v) is 7.05. The highest BCUT2D eigenvalue weighted by Crippen LogP contribution is 2.22. The number of rotatable bonds is 5. The van der Waals surface area contributed by atoms with Crippen molar-refractivity contribution in [1.29, 1.82) is 0 Å². The van der Waals surface area contributed by atoms with Gasteiger partial charge in [0, 0.05) is 16.6 Å². The summed E-state index contributed by atoms with van der Waals surface area (Å²) in [5.74, 6) is -0.548. The molecule has 0 atom stereocenters. The molecule has 2 heterocycles. The van der Waals surface area contributed by atoms with Crippen LogP contribution in [0.1, 0.15) is 10.4 Å². The average molecular weight is 376 g/mol. The molecule has 3 rings (SSSR count). The fourth-order valence-corrected chi connectivity index (χ4v) is 3.27. The first-order valence-corrected chi connectivity index (χ1v) is 8.62. The third-order valence-corrected chi connectivity index (χ3v) is 4.66. The Hall–Kier alpha value is -2.64. The van der Waals surface area contributed by atoms with E-state index in [0.29, 0.717) is 10.0 Å². The van der Waals surface area contributed by atoms with Gasteiger partial charge in [0.2, 0.25) is 11.8 Å². The van der Waals surface area contributed by atoms with Crippen molar-refractivity contribution < 1.29 is 14.4 Å². The third kappa shape index (κ3) is 4.46. The number of carbonyl (C=O) groups is 3. The van der Waals surface area contributed by atoms with Gasteiger partial charge in [0.25, 0.3) is 0 Å². The minimum Gasteiger partial charge on any atom is -0.329 e. The minimum atomic E-state index is -0.406. The molecule has 0 bridgehead atoms. The van der Waals surface area contributed by atoms with Crippen LogP contribution in [0.3, 0.4) is 0 Å². The van der Waals surface area contributed by atoms with Crippen molar-refractivity contribution in [1.82, 2.24) is 10.2 Å². The van der Waals surface area contributed by atoms with Gasteiger partial charge in [-0.15, -0.1) is 11.3 Å². The van der Waals surface area contributed by atoms with Crippen molar-refractivity contribution in [2.75, 3.05) is 11.9 Å². The predicted molar refractivity (Wildman–Crippen MR) is 97.4 cm³/mol. The van der Waals surface area contributed by atoms with Gasteiger partial charge in [0.1, 0.15) is 0 Å². The Balaban J connectivity index is 1.63. The normalized spacial score (nSPS) is 14.2. The first-order valence-electron chi connectivity index (χ1n) is 7.43. The molecule has 0 aliphatic carbocycles. The molecule has 128 valence electrons. The molecule has 2 aromatic rings. The fraction of sp³-hybridized carbons (Fsp3) is 0.118. The lowest BCUT2D eigenvalue weighted by Gasteiger charge is -2.13. The number of benzene rings is 1. The molecule has 1 aliphatic heterocycles. The van der Waals surface area contributed by atoms with E-state index in [1.165, 1.54) is 17.4 Å². The van der Waals surface area contributed by atoms with Gasteiger partial charge in [0.15, 0.2) is 0 Å². The lowest BCUT2D eigenvalue weighted by molar-refractivity contribution is -0.125. The lowest BCUT2D eigenvalue weighted by atomic mass is 10.2. The van der Waals surface area contributed by atoms with Crippen molar-refractivity contribution in [2.24, 2.45) is 0 Å². The molecule has 8 heteroatoms. The first kappa shape index (κ1) is 17.2. The van der Waals surface area contributed by atoms with Gasteiger partial charge in [-0.3, -0.25) is 14.5 Å². The Bertz CT molecular complexity index is 846. The van der Waals surface area contributed by atoms with Crippen molar-refractivity contribution >= 4 is 52.5 Å². The van der Waals surface area contributed by atoms with E-state index in [2.05, 4.69) is 10.6 Å². The Morgan fingerprint density at radius 2 is 2.16 bits per heavy atom. The van der Waals surface area contributed by atoms with E-state index in [1.807, 2.05) is 6.07 Å². The molecule has 0 spiro atoms. The summed E-state index contributed by atoms with van der Waals surface area (Å²) in [7, 11) is 0. The number of thiophene rings is 1. The minimum absolute atomic E-state index is 0.0206. The van der Waals surface area contributed by atoms with Crippen LogP contribution in [0, 0.1) is 0 Å². The summed E-state index contributed by atoms with van der Waals surface area (Å²) < 4.78 is 0.660. The smallest absolute Gasteiger partial charge is 0.324 e. The van der Waals surface area contributed by atoms with Crippen LogP contribution in [-0.2, 0) is 16.1 Å². The van der Waals surface area contributed by atoms with Crippen LogP contribution < -0.4 is 10.6 Å². The Kier molecular flexibility index (Phi) is 5.16. The van der Waals surface area contributed by atoms with Gasteiger partial charge >= 0.3 is 6.03 Å². The van der Waals surface area contributed by atoms with E-state index in [1.54, 1.807) is 36.4 Å². The summed E-state index contributed by atoms with van der Waals surface area (Å²) in [6.45, 7) is 0.185. The maximum Gasteiger partial charge on any atom is 0.324 e. The number of hydrogen-bond donors (Lipinski definition) is 2. The van der Waals surface area contributed by atoms with Gasteiger partial charge in [-0.05, 0) is 35.9 Å². The summed E-state index contributed by atoms with van der Waals surface area (Å²) in [6, 6.07) is 10.2. The molecule has 6 nitrogen and oxygen atoms in total. The summed E-state index contributed by atoms with van der Waals surface area (Å²) in [4.78, 5) is 37.2. The van der Waals surface area contributed by atoms with E-state index >= 15 is 0 Å². The van der Waals surface area contributed by atoms with Gasteiger partial charge in [-0.2, -0.15) is 0 Å². The highest BCUT2D eigenvalue weighted by molar-refractivity contribution is 7.17. The zero-order chi connectivity index (χ0) is 17.8. The number of amides is 4. The summed E-state index contributed by atoms with van der Waals surface area (Å²) in [5, 5.41) is 5.22. The molecular formula is C17H14ClN3O3S. The Morgan fingerprint density at radius 3 is 2.84 bits per heavy atom. The number of urea groups is 1. The molecule has 0 radical (unpaired) electrons. The van der Waals surface area contributed by atoms with E-state index in [0.717, 1.165) is 15.3 Å². The second-order valence-electron chi connectivity index (χ2n) is 5.30. The molecule has 4 amide bonds. The second kappa shape index (κ2) is 7.50. The van der Waals surface area contributed by atoms with Crippen LogP contribution in [0.5, 0.6) is 0 Å². The Morgan fingerprint density at radius 1 is 1.32 bits per heavy atom. The topological polar surface area (TPSA) is 78.5 Å². The van der Waals surface area contributed by atoms with Gasteiger partial charge < -0.3 is 10.6 Å². The average Bonchev–Trinajstić information content (AvgIpc) is 3.13. The SMILES string of the molecule is O=C(C=Cc1ccc(Cl)s1)Nc1cccc(CN2C(=O)CNC2=O)c1. The third-order valence-electron chi connectivity index (χ3n) is 3.47. The summed E-state index contributed by atoms with van der Waals surface area (Å²) >= 11 is 7.22. The predicted octanol–water partition coefficient (Wildman–Crippen LogP) is 3.11. The molecular weight excluding hydrogens is 362 g/mol. The van der Waals surface area contributed by atoms with Crippen LogP contribution in [-0.4, -0.2) is 29.3 Å². The summed E-state index contributed by atoms with van der Waals surface area (Å²) in [5.41, 5.74) is 1.33. The molecule has 1 aromatic carbocycles. The molecule has 0 saturated carbocycles. The van der Waals surface area contributed by atoms with Crippen molar-refractivity contribution in [2.45, 2.75) is 6.54 Å². The van der Waals surface area contributed by atoms with E-state index in [9.17, 15) is 14.4 Å². The van der Waals surface area contributed by atoms with Gasteiger partial charge in [0.05, 0.1) is 17.4 Å². The van der Waals surface area contributed by atoms with Crippen molar-refractivity contribution in [3.05, 3.63) is 57.3 Å². The van der Waals surface area contributed by atoms with E-state index in [-0.39, 0.29) is 24.9 Å². The van der Waals surface area contributed by atoms with Crippen LogP contribution in [0.4, 0.5) is 10.5 Å². The standard InChI is InChI=1S/C17H14ClN3O3S/c18-14-6-4-13(25-14)5-7-15(22)20-12-3-1-2-11(8-12)10-21-16(23)9-19-17(21)24/h1-8H,9-10H2,(H,19,24)(H,20,22). The maximum atomic E-state index is 12.0. The molecule has 1 fully saturated rings. The van der Waals surface area contributed by atoms with Crippen molar-refractivity contribution in [3.63, 3.8) is 0 Å². The van der Waals surface area contributed by atoms with Crippen LogP contribution >= 0.6 is 22.9 Å². The summed E-state index contributed by atoms with van der Waals surface area (Å²) in [6.07, 6.45) is 3.11. The monoisotopic (exact) mass is 375 g/mol. The van der Waals surface area contributed by atoms with E-state index < -0.39 is 6.03 Å². The number of halogens is 1. The van der Waals surface area contributed by atoms with E-state index in [4.69, 9.17) is 11.6 Å². The largest absolute Gasteiger partial charge is 0.329 e. The number of nitrogens with one attached hydrogen (secondary N) is 2. The lowest BCUT2D eigenvalue weighted by Crippen LogP contribution is -2.30. The zero-order valence-electron chi connectivity index (χ0n) is 13.0. The molecule has 1 aromatic heterocycles. The van der Waals surface area contributed by atoms with Gasteiger partial charge in [-0.1, -0.05) is 23.7 Å². The molecule has 1 saturated heterocycles. The number of imide groups is 1. The molecule has 0 unspecified atom stereocenters. The first-order chi connectivity index (χ1) is 12.0. The van der Waals surface area contributed by atoms with Crippen LogP contribution in [0.2, 0.25) is 4.34 Å². The van der Waals surface area contributed by atoms with Gasteiger partial charge in [-0.25, -0.2) is 4.79 Å². The number of anilines is 1. The van der Waals surface area contributed by atoms with Crippen LogP contribution in [0.25, 0.3) is 6.08 Å². The maximum absolute atomic E-state index is 12.0. The highest BCUT2D eigenvalue weighted by atomic mass is 35.5. The number of carbonyl (C=O) groups excluding carboxylic acids is 3. The number of hydrogen-bond acceptors (Lipinski definition) is 4. The van der Waals surface area contributed by atoms with Crippen molar-refractivity contribution in [3.8, 4) is 0 Å². The number of nitrogens with zero attached hydrogens (tertiary/aromatic N) is 1. The molecule has 2 N–H and O–H groups in total. The quantitative estimate of drug-likeness (QED) is 0.622. The zero-order valence-corrected chi connectivity index (χ0v) is 14.6. The Labute approximate surface area is 153 Å². The highest BCUT2D eigenvalue weighted by Gasteiger charge is 2.28. The fourth-order valence-electron chi connectivity index (χ4n) is 2.30.